The van der Waals surface area contributed by atoms with Gasteiger partial charge in [-0.25, -0.2) is 0 Å². The molecule has 0 aromatic carbocycles. The molecule has 0 spiro atoms. The fraction of sp³-hybridized carbons (Fsp3) is 0.857. The van der Waals surface area contributed by atoms with Crippen molar-refractivity contribution in [3.05, 3.63) is 18.0 Å². The average molecular weight is 369 g/mol. The third-order valence-electron chi connectivity index (χ3n) is 4.64. The van der Waals surface area contributed by atoms with E-state index in [1.165, 1.54) is 37.7 Å². The van der Waals surface area contributed by atoms with Crippen LogP contribution in [0.5, 0.6) is 0 Å². The van der Waals surface area contributed by atoms with Gasteiger partial charge in [0.05, 0.1) is 17.9 Å². The summed E-state index contributed by atoms with van der Waals surface area (Å²) in [6.45, 7) is 13.6. The van der Waals surface area contributed by atoms with E-state index in [4.69, 9.17) is 4.74 Å². The van der Waals surface area contributed by atoms with E-state index in [2.05, 4.69) is 48.2 Å². The van der Waals surface area contributed by atoms with Gasteiger partial charge in [0, 0.05) is 31.4 Å². The van der Waals surface area contributed by atoms with Crippen molar-refractivity contribution in [1.82, 2.24) is 20.4 Å². The van der Waals surface area contributed by atoms with Crippen LogP contribution < -0.4 is 5.32 Å². The number of rotatable bonds is 8. The molecule has 1 aliphatic carbocycles. The van der Waals surface area contributed by atoms with Crippen molar-refractivity contribution in [2.24, 2.45) is 0 Å². The second-order valence-electron chi connectivity index (χ2n) is 7.44. The molecule has 5 nitrogen and oxygen atoms in total. The van der Waals surface area contributed by atoms with E-state index >= 15 is 0 Å². The minimum absolute atomic E-state index is 0.0992. The van der Waals surface area contributed by atoms with Gasteiger partial charge in [-0.15, -0.1) is 0 Å². The van der Waals surface area contributed by atoms with Gasteiger partial charge in [0.15, 0.2) is 0 Å². The Morgan fingerprint density at radius 3 is 2.42 bits per heavy atom. The molecule has 1 fully saturated rings. The predicted molar refractivity (Wildman–Crippen MR) is 113 cm³/mol. The highest BCUT2D eigenvalue weighted by Crippen LogP contribution is 2.26. The summed E-state index contributed by atoms with van der Waals surface area (Å²) < 4.78 is 6.03. The first kappa shape index (κ1) is 25.1. The first-order valence-electron chi connectivity index (χ1n) is 10.5. The zero-order valence-electron chi connectivity index (χ0n) is 18.4. The van der Waals surface area contributed by atoms with Crippen molar-refractivity contribution in [3.63, 3.8) is 0 Å². The van der Waals surface area contributed by atoms with Crippen molar-refractivity contribution >= 4 is 0 Å². The first-order valence-corrected chi connectivity index (χ1v) is 10.5. The van der Waals surface area contributed by atoms with Gasteiger partial charge in [0.2, 0.25) is 0 Å². The van der Waals surface area contributed by atoms with E-state index in [0.717, 1.165) is 26.1 Å². The molecule has 1 aromatic rings. The number of likely N-dealkylation sites (N-methyl/N-ethyl adjacent to an activating group) is 2. The zero-order chi connectivity index (χ0) is 19.8. The predicted octanol–water partition coefficient (Wildman–Crippen LogP) is 4.61. The number of aromatic nitrogens is 2. The molecule has 5 heteroatoms. The van der Waals surface area contributed by atoms with Crippen LogP contribution in [0, 0.1) is 0 Å². The number of nitrogens with zero attached hydrogens (tertiary/aromatic N) is 2. The van der Waals surface area contributed by atoms with E-state index in [-0.39, 0.29) is 5.60 Å². The molecule has 0 saturated heterocycles. The number of nitrogens with one attached hydrogen (secondary N) is 2. The number of ether oxygens (including phenoxy) is 1. The molecule has 2 rings (SSSR count). The quantitative estimate of drug-likeness (QED) is 0.703. The van der Waals surface area contributed by atoms with Crippen LogP contribution >= 0.6 is 0 Å². The maximum absolute atomic E-state index is 6.03. The molecule has 1 aliphatic rings. The summed E-state index contributed by atoms with van der Waals surface area (Å²) in [5.41, 5.74) is 1.33. The second-order valence-corrected chi connectivity index (χ2v) is 7.44. The fourth-order valence-corrected chi connectivity index (χ4v) is 2.77. The Morgan fingerprint density at radius 2 is 1.92 bits per heavy atom. The highest BCUT2D eigenvalue weighted by atomic mass is 16.5. The monoisotopic (exact) mass is 368 g/mol. The number of H-pyrrole nitrogens is 1. The Kier molecular flexibility index (Phi) is 14.6. The summed E-state index contributed by atoms with van der Waals surface area (Å²) in [6, 6.07) is 0. The smallest absolute Gasteiger partial charge is 0.0627 e. The van der Waals surface area contributed by atoms with E-state index in [9.17, 15) is 0 Å². The third kappa shape index (κ3) is 12.4. The minimum Gasteiger partial charge on any atom is -0.372 e. The lowest BCUT2D eigenvalue weighted by Gasteiger charge is -2.32. The van der Waals surface area contributed by atoms with Crippen LogP contribution in [0.3, 0.4) is 0 Å². The second kappa shape index (κ2) is 15.2. The first-order chi connectivity index (χ1) is 12.5. The van der Waals surface area contributed by atoms with Gasteiger partial charge in [0.1, 0.15) is 0 Å². The van der Waals surface area contributed by atoms with Gasteiger partial charge in [-0.3, -0.25) is 5.10 Å². The van der Waals surface area contributed by atoms with E-state index in [1.807, 2.05) is 33.3 Å². The number of hydrogen-bond donors (Lipinski definition) is 2. The van der Waals surface area contributed by atoms with Crippen LogP contribution in [0.4, 0.5) is 0 Å². The molecule has 1 aromatic heterocycles. The van der Waals surface area contributed by atoms with Gasteiger partial charge < -0.3 is 15.0 Å². The van der Waals surface area contributed by atoms with Crippen LogP contribution in [-0.4, -0.2) is 54.0 Å². The topological polar surface area (TPSA) is 53.2 Å². The largest absolute Gasteiger partial charge is 0.372 e. The van der Waals surface area contributed by atoms with Crippen molar-refractivity contribution in [2.45, 2.75) is 91.4 Å². The minimum atomic E-state index is 0.0992. The Balaban J connectivity index is 0.000000439. The normalized spacial score (nSPS) is 15.1. The summed E-state index contributed by atoms with van der Waals surface area (Å²) in [5.74, 6) is 0. The van der Waals surface area contributed by atoms with E-state index in [0.29, 0.717) is 6.10 Å². The SMILES string of the molecule is CC.CCC(C)(C)OC1CCCCC1.CNCCN(C)Cc1cn[nH]c1. The third-order valence-corrected chi connectivity index (χ3v) is 4.64. The van der Waals surface area contributed by atoms with Crippen molar-refractivity contribution in [3.8, 4) is 0 Å². The highest BCUT2D eigenvalue weighted by Gasteiger charge is 2.22. The Bertz CT molecular complexity index is 400. The maximum atomic E-state index is 6.03. The summed E-state index contributed by atoms with van der Waals surface area (Å²) in [6.07, 6.45) is 12.2. The molecule has 0 atom stereocenters. The molecule has 0 aliphatic heterocycles. The fourth-order valence-electron chi connectivity index (χ4n) is 2.77. The maximum Gasteiger partial charge on any atom is 0.0627 e. The van der Waals surface area contributed by atoms with Crippen molar-refractivity contribution in [2.75, 3.05) is 27.2 Å². The lowest BCUT2D eigenvalue weighted by molar-refractivity contribution is -0.0858. The molecule has 2 N–H and O–H groups in total. The Morgan fingerprint density at radius 1 is 1.27 bits per heavy atom. The van der Waals surface area contributed by atoms with Gasteiger partial charge in [0.25, 0.3) is 0 Å². The standard InChI is InChI=1S/C11H22O.C8H16N4.C2H6/c1-4-11(2,3)12-10-8-6-5-7-9-10;1-9-3-4-12(2)7-8-5-10-11-6-8;1-2/h10H,4-9H2,1-3H3;5-6,9H,3-4,7H2,1-2H3,(H,10,11);1-2H3. The van der Waals surface area contributed by atoms with Crippen LogP contribution in [0.25, 0.3) is 0 Å². The zero-order valence-corrected chi connectivity index (χ0v) is 18.4. The Labute approximate surface area is 162 Å². The molecule has 154 valence electrons. The average Bonchev–Trinajstić information content (AvgIpc) is 3.16. The van der Waals surface area contributed by atoms with Crippen LogP contribution in [0.15, 0.2) is 12.4 Å². The summed E-state index contributed by atoms with van der Waals surface area (Å²) in [7, 11) is 4.07. The van der Waals surface area contributed by atoms with Crippen LogP contribution in [-0.2, 0) is 11.3 Å². The van der Waals surface area contributed by atoms with Gasteiger partial charge in [-0.1, -0.05) is 40.0 Å². The molecule has 26 heavy (non-hydrogen) atoms. The van der Waals surface area contributed by atoms with Gasteiger partial charge >= 0.3 is 0 Å². The highest BCUT2D eigenvalue weighted by molar-refractivity contribution is 5.01. The lowest BCUT2D eigenvalue weighted by Crippen LogP contribution is -2.31. The molecular weight excluding hydrogens is 324 g/mol. The van der Waals surface area contributed by atoms with E-state index in [1.54, 1.807) is 0 Å². The molecular formula is C21H44N4O. The molecule has 1 heterocycles. The molecule has 0 bridgehead atoms. The van der Waals surface area contributed by atoms with Crippen molar-refractivity contribution < 1.29 is 4.74 Å². The summed E-state index contributed by atoms with van der Waals surface area (Å²) in [4.78, 5) is 2.25. The molecule has 0 radical (unpaired) electrons. The molecule has 0 amide bonds. The van der Waals surface area contributed by atoms with Gasteiger partial charge in [-0.2, -0.15) is 5.10 Å². The van der Waals surface area contributed by atoms with E-state index < -0.39 is 0 Å². The summed E-state index contributed by atoms with van der Waals surface area (Å²) in [5, 5.41) is 9.80. The Hall–Kier alpha value is -0.910. The summed E-state index contributed by atoms with van der Waals surface area (Å²) >= 11 is 0. The number of aromatic amines is 1. The van der Waals surface area contributed by atoms with Crippen LogP contribution in [0.2, 0.25) is 0 Å². The number of hydrogen-bond acceptors (Lipinski definition) is 4. The molecule has 1 saturated carbocycles. The molecule has 0 unspecified atom stereocenters. The van der Waals surface area contributed by atoms with Gasteiger partial charge in [-0.05, 0) is 47.2 Å². The lowest BCUT2D eigenvalue weighted by atomic mass is 9.96. The van der Waals surface area contributed by atoms with Crippen molar-refractivity contribution in [1.29, 1.82) is 0 Å². The van der Waals surface area contributed by atoms with Crippen LogP contribution in [0.1, 0.15) is 78.7 Å².